The molecule has 1 saturated carbocycles. The fourth-order valence-corrected chi connectivity index (χ4v) is 5.46. The molecule has 1 aliphatic carbocycles. The van der Waals surface area contributed by atoms with Crippen LogP contribution in [0.3, 0.4) is 0 Å². The van der Waals surface area contributed by atoms with Crippen molar-refractivity contribution < 1.29 is 14.4 Å². The molecule has 1 atom stereocenters. The summed E-state index contributed by atoms with van der Waals surface area (Å²) < 4.78 is 0. The molecule has 0 aliphatic heterocycles. The molecule has 0 spiro atoms. The third-order valence-electron chi connectivity index (χ3n) is 6.84. The van der Waals surface area contributed by atoms with Gasteiger partial charge in [0.2, 0.25) is 17.7 Å². The van der Waals surface area contributed by atoms with Crippen molar-refractivity contribution in [1.29, 1.82) is 0 Å². The molecule has 5 rings (SSSR count). The first-order valence-corrected chi connectivity index (χ1v) is 14.2. The minimum atomic E-state index is -0.859. The minimum Gasteiger partial charge on any atom is -0.361 e. The van der Waals surface area contributed by atoms with Crippen molar-refractivity contribution in [2.75, 3.05) is 10.2 Å². The van der Waals surface area contributed by atoms with Crippen LogP contribution in [0.4, 0.5) is 11.4 Å². The van der Waals surface area contributed by atoms with E-state index in [1.807, 2.05) is 68.9 Å². The number of aromatic nitrogens is 1. The predicted molar refractivity (Wildman–Crippen MR) is 157 cm³/mol. The van der Waals surface area contributed by atoms with Crippen LogP contribution in [-0.2, 0) is 20.8 Å². The zero-order chi connectivity index (χ0) is 27.7. The third kappa shape index (κ3) is 6.06. The Morgan fingerprint density at radius 2 is 1.82 bits per heavy atom. The molecule has 7 nitrogen and oxygen atoms in total. The van der Waals surface area contributed by atoms with Crippen LogP contribution in [0.1, 0.15) is 56.3 Å². The lowest BCUT2D eigenvalue weighted by Gasteiger charge is -2.33. The second-order valence-corrected chi connectivity index (χ2v) is 12.0. The number of carbonyl (C=O) groups is 3. The van der Waals surface area contributed by atoms with E-state index in [1.165, 1.54) is 11.3 Å². The topological polar surface area (TPSA) is 94.3 Å². The molecule has 8 heteroatoms. The van der Waals surface area contributed by atoms with Gasteiger partial charge in [-0.3, -0.25) is 19.3 Å². The van der Waals surface area contributed by atoms with Crippen LogP contribution in [0.2, 0.25) is 0 Å². The summed E-state index contributed by atoms with van der Waals surface area (Å²) >= 11 is 1.48. The minimum absolute atomic E-state index is 0.0195. The summed E-state index contributed by atoms with van der Waals surface area (Å²) in [5.74, 6) is -0.347. The molecule has 2 aromatic heterocycles. The van der Waals surface area contributed by atoms with Crippen molar-refractivity contribution >= 4 is 51.3 Å². The van der Waals surface area contributed by atoms with Crippen molar-refractivity contribution in [3.63, 3.8) is 0 Å². The average Bonchev–Trinajstić information content (AvgIpc) is 3.45. The molecule has 3 N–H and O–H groups in total. The van der Waals surface area contributed by atoms with Gasteiger partial charge in [0.15, 0.2) is 0 Å². The number of nitrogens with zero attached hydrogens (tertiary/aromatic N) is 1. The number of rotatable bonds is 8. The predicted octanol–water partition coefficient (Wildman–Crippen LogP) is 6.12. The SMILES string of the molecule is Cc1cccc2c(CC(=O)N(c3ccc(NC(=O)C4CC4)cc3)C(C(=O)NC(C)(C)C)c3ccsc3)c[nH]c12. The first kappa shape index (κ1) is 26.7. The average molecular weight is 543 g/mol. The molecule has 1 unspecified atom stereocenters. The zero-order valence-corrected chi connectivity index (χ0v) is 23.5. The van der Waals surface area contributed by atoms with E-state index in [4.69, 9.17) is 0 Å². The van der Waals surface area contributed by atoms with Gasteiger partial charge < -0.3 is 15.6 Å². The number of thiophene rings is 1. The summed E-state index contributed by atoms with van der Waals surface area (Å²) in [4.78, 5) is 45.1. The van der Waals surface area contributed by atoms with Crippen LogP contribution in [0.25, 0.3) is 10.9 Å². The molecule has 39 heavy (non-hydrogen) atoms. The molecular formula is C31H34N4O3S. The molecule has 1 aliphatic rings. The van der Waals surface area contributed by atoms with Gasteiger partial charge in [-0.05, 0) is 98.3 Å². The van der Waals surface area contributed by atoms with Crippen LogP contribution in [-0.4, -0.2) is 28.2 Å². The molecule has 4 aromatic rings. The Kier molecular flexibility index (Phi) is 7.32. The normalized spacial score (nSPS) is 14.2. The number of amides is 3. The summed E-state index contributed by atoms with van der Waals surface area (Å²) in [7, 11) is 0. The van der Waals surface area contributed by atoms with Gasteiger partial charge in [0.1, 0.15) is 6.04 Å². The number of anilines is 2. The Morgan fingerprint density at radius 1 is 1.08 bits per heavy atom. The number of carbonyl (C=O) groups excluding carboxylic acids is 3. The second kappa shape index (κ2) is 10.7. The summed E-state index contributed by atoms with van der Waals surface area (Å²) in [5.41, 5.74) is 4.50. The van der Waals surface area contributed by atoms with E-state index in [-0.39, 0.29) is 30.1 Å². The van der Waals surface area contributed by atoms with E-state index < -0.39 is 11.6 Å². The van der Waals surface area contributed by atoms with Crippen LogP contribution in [0.15, 0.2) is 65.5 Å². The molecule has 1 fully saturated rings. The lowest BCUT2D eigenvalue weighted by atomic mass is 10.0. The molecular weight excluding hydrogens is 508 g/mol. The summed E-state index contributed by atoms with van der Waals surface area (Å²) in [6, 6.07) is 14.2. The Labute approximate surface area is 232 Å². The summed E-state index contributed by atoms with van der Waals surface area (Å²) in [6.07, 6.45) is 3.83. The highest BCUT2D eigenvalue weighted by Gasteiger charge is 2.35. The van der Waals surface area contributed by atoms with E-state index in [0.29, 0.717) is 11.4 Å². The maximum Gasteiger partial charge on any atom is 0.248 e. The van der Waals surface area contributed by atoms with Gasteiger partial charge in [0.25, 0.3) is 0 Å². The Hall–Kier alpha value is -3.91. The van der Waals surface area contributed by atoms with E-state index in [0.717, 1.165) is 40.4 Å². The van der Waals surface area contributed by atoms with Gasteiger partial charge in [-0.2, -0.15) is 11.3 Å². The van der Waals surface area contributed by atoms with Crippen LogP contribution in [0, 0.1) is 12.8 Å². The molecule has 3 amide bonds. The number of fused-ring (bicyclic) bond motifs is 1. The molecule has 0 saturated heterocycles. The number of aromatic amines is 1. The van der Waals surface area contributed by atoms with E-state index in [2.05, 4.69) is 15.6 Å². The summed E-state index contributed by atoms with van der Waals surface area (Å²) in [5, 5.41) is 10.8. The lowest BCUT2D eigenvalue weighted by molar-refractivity contribution is -0.127. The van der Waals surface area contributed by atoms with Crippen LogP contribution >= 0.6 is 11.3 Å². The summed E-state index contributed by atoms with van der Waals surface area (Å²) in [6.45, 7) is 7.80. The van der Waals surface area contributed by atoms with Gasteiger partial charge in [0.05, 0.1) is 6.42 Å². The first-order chi connectivity index (χ1) is 18.6. The van der Waals surface area contributed by atoms with Crippen molar-refractivity contribution in [2.24, 2.45) is 5.92 Å². The van der Waals surface area contributed by atoms with Gasteiger partial charge in [-0.25, -0.2) is 0 Å². The number of para-hydroxylation sites is 1. The maximum atomic E-state index is 14.2. The fraction of sp³-hybridized carbons (Fsp3) is 0.323. The Balaban J connectivity index is 1.53. The van der Waals surface area contributed by atoms with Gasteiger partial charge >= 0.3 is 0 Å². The number of H-pyrrole nitrogens is 1. The van der Waals surface area contributed by atoms with Gasteiger partial charge in [-0.1, -0.05) is 18.2 Å². The Bertz CT molecular complexity index is 1500. The zero-order valence-electron chi connectivity index (χ0n) is 22.7. The molecule has 0 radical (unpaired) electrons. The van der Waals surface area contributed by atoms with Crippen molar-refractivity contribution in [2.45, 2.75) is 58.5 Å². The third-order valence-corrected chi connectivity index (χ3v) is 7.55. The molecule has 0 bridgehead atoms. The lowest BCUT2D eigenvalue weighted by Crippen LogP contribution is -2.49. The molecule has 2 heterocycles. The van der Waals surface area contributed by atoms with Gasteiger partial charge in [0, 0.05) is 39.9 Å². The fourth-order valence-electron chi connectivity index (χ4n) is 4.78. The molecule has 2 aromatic carbocycles. The maximum absolute atomic E-state index is 14.2. The highest BCUT2D eigenvalue weighted by molar-refractivity contribution is 7.08. The highest BCUT2D eigenvalue weighted by Crippen LogP contribution is 2.34. The number of hydrogen-bond acceptors (Lipinski definition) is 4. The monoisotopic (exact) mass is 542 g/mol. The van der Waals surface area contributed by atoms with Crippen LogP contribution < -0.4 is 15.5 Å². The van der Waals surface area contributed by atoms with E-state index >= 15 is 0 Å². The second-order valence-electron chi connectivity index (χ2n) is 11.3. The van der Waals surface area contributed by atoms with Crippen LogP contribution in [0.5, 0.6) is 0 Å². The van der Waals surface area contributed by atoms with E-state index in [9.17, 15) is 14.4 Å². The smallest absolute Gasteiger partial charge is 0.248 e. The largest absolute Gasteiger partial charge is 0.361 e. The van der Waals surface area contributed by atoms with Crippen molar-refractivity contribution in [3.8, 4) is 0 Å². The Morgan fingerprint density at radius 3 is 2.46 bits per heavy atom. The number of nitrogens with one attached hydrogen (secondary N) is 3. The highest BCUT2D eigenvalue weighted by atomic mass is 32.1. The number of hydrogen-bond donors (Lipinski definition) is 3. The number of aryl methyl sites for hydroxylation is 1. The number of benzene rings is 2. The first-order valence-electron chi connectivity index (χ1n) is 13.2. The standard InChI is InChI=1S/C31H34N4O3S/c1-19-6-5-7-25-22(17-32-27(19)25)16-26(36)35(24-12-10-23(11-13-24)33-29(37)20-8-9-20)28(21-14-15-39-18-21)30(38)34-31(2,3)4/h5-7,10-15,17-18,20,28,32H,8-9,16H2,1-4H3,(H,33,37)(H,34,38). The molecule has 202 valence electrons. The van der Waals surface area contributed by atoms with Gasteiger partial charge in [-0.15, -0.1) is 0 Å². The van der Waals surface area contributed by atoms with Crippen molar-refractivity contribution in [1.82, 2.24) is 10.3 Å². The van der Waals surface area contributed by atoms with Crippen molar-refractivity contribution in [3.05, 3.63) is 82.2 Å². The quantitative estimate of drug-likeness (QED) is 0.250. The van der Waals surface area contributed by atoms with E-state index in [1.54, 1.807) is 29.2 Å².